The van der Waals surface area contributed by atoms with E-state index in [0.29, 0.717) is 6.32 Å². The van der Waals surface area contributed by atoms with Gasteiger partial charge in [0.25, 0.3) is 0 Å². The molecule has 0 saturated heterocycles. The predicted molar refractivity (Wildman–Crippen MR) is 49.8 cm³/mol. The molecule has 0 rings (SSSR count). The Balaban J connectivity index is 0. The van der Waals surface area contributed by atoms with E-state index in [9.17, 15) is 0 Å². The zero-order chi connectivity index (χ0) is 7.82. The summed E-state index contributed by atoms with van der Waals surface area (Å²) in [5.41, 5.74) is 5.27. The van der Waals surface area contributed by atoms with Crippen LogP contribution < -0.4 is 5.73 Å². The van der Waals surface area contributed by atoms with Gasteiger partial charge in [0.15, 0.2) is 0 Å². The van der Waals surface area contributed by atoms with E-state index >= 15 is 0 Å². The molecule has 0 aromatic heterocycles. The van der Waals surface area contributed by atoms with Crippen molar-refractivity contribution in [3.05, 3.63) is 0 Å². The molecule has 3 nitrogen and oxygen atoms in total. The predicted octanol–water partition coefficient (Wildman–Crippen LogP) is 0.400. The van der Waals surface area contributed by atoms with Crippen LogP contribution in [0.2, 0.25) is 6.32 Å². The van der Waals surface area contributed by atoms with Crippen LogP contribution in [0.4, 0.5) is 0 Å². The van der Waals surface area contributed by atoms with E-state index in [1.165, 1.54) is 0 Å². The molecular formula is C6H17BClNO2. The number of unbranched alkanes of at least 4 members (excludes halogenated alkanes) is 3. The van der Waals surface area contributed by atoms with Crippen LogP contribution in [-0.2, 0) is 0 Å². The van der Waals surface area contributed by atoms with E-state index in [-0.39, 0.29) is 12.4 Å². The second-order valence-corrected chi connectivity index (χ2v) is 2.47. The Bertz CT molecular complexity index is 75.6. The molecule has 68 valence electrons. The van der Waals surface area contributed by atoms with Crippen LogP contribution in [0, 0.1) is 0 Å². The van der Waals surface area contributed by atoms with Gasteiger partial charge in [-0.25, -0.2) is 0 Å². The molecule has 0 bridgehead atoms. The van der Waals surface area contributed by atoms with Gasteiger partial charge >= 0.3 is 7.12 Å². The summed E-state index contributed by atoms with van der Waals surface area (Å²) in [4.78, 5) is 0. The molecule has 0 saturated carbocycles. The third-order valence-corrected chi connectivity index (χ3v) is 1.42. The number of hydrogen-bond donors (Lipinski definition) is 3. The molecule has 0 amide bonds. The maximum atomic E-state index is 8.44. The molecule has 0 aliphatic heterocycles. The zero-order valence-corrected chi connectivity index (χ0v) is 7.52. The van der Waals surface area contributed by atoms with E-state index in [2.05, 4.69) is 0 Å². The summed E-state index contributed by atoms with van der Waals surface area (Å²) in [7, 11) is -1.13. The molecule has 0 aromatic rings. The van der Waals surface area contributed by atoms with Gasteiger partial charge in [-0.05, 0) is 19.3 Å². The topological polar surface area (TPSA) is 66.5 Å². The van der Waals surface area contributed by atoms with Crippen molar-refractivity contribution in [2.45, 2.75) is 32.0 Å². The quantitative estimate of drug-likeness (QED) is 0.410. The van der Waals surface area contributed by atoms with Gasteiger partial charge in [-0.2, -0.15) is 0 Å². The lowest BCUT2D eigenvalue weighted by molar-refractivity contribution is 0.401. The molecule has 4 N–H and O–H groups in total. The van der Waals surface area contributed by atoms with Crippen LogP contribution in [0.3, 0.4) is 0 Å². The highest BCUT2D eigenvalue weighted by molar-refractivity contribution is 6.40. The number of hydrogen-bond acceptors (Lipinski definition) is 3. The van der Waals surface area contributed by atoms with Crippen LogP contribution in [0.25, 0.3) is 0 Å². The van der Waals surface area contributed by atoms with E-state index in [4.69, 9.17) is 15.8 Å². The first-order chi connectivity index (χ1) is 4.77. The largest absolute Gasteiger partial charge is 0.451 e. The van der Waals surface area contributed by atoms with Gasteiger partial charge in [-0.1, -0.05) is 19.3 Å². The van der Waals surface area contributed by atoms with E-state index in [1.807, 2.05) is 0 Å². The first-order valence-corrected chi connectivity index (χ1v) is 3.83. The summed E-state index contributed by atoms with van der Waals surface area (Å²) in [6.07, 6.45) is 4.57. The maximum absolute atomic E-state index is 8.44. The van der Waals surface area contributed by atoms with Gasteiger partial charge in [-0.15, -0.1) is 12.4 Å². The minimum absolute atomic E-state index is 0. The molecular weight excluding hydrogens is 164 g/mol. The van der Waals surface area contributed by atoms with Crippen LogP contribution in [0.15, 0.2) is 0 Å². The van der Waals surface area contributed by atoms with Gasteiger partial charge in [0, 0.05) is 0 Å². The normalized spacial score (nSPS) is 9.00. The Labute approximate surface area is 74.5 Å². The molecule has 11 heavy (non-hydrogen) atoms. The smallest absolute Gasteiger partial charge is 0.427 e. The third-order valence-electron chi connectivity index (χ3n) is 1.42. The van der Waals surface area contributed by atoms with Crippen molar-refractivity contribution in [3.63, 3.8) is 0 Å². The van der Waals surface area contributed by atoms with Gasteiger partial charge in [0.2, 0.25) is 0 Å². The average molecular weight is 181 g/mol. The Morgan fingerprint density at radius 3 is 2.00 bits per heavy atom. The molecule has 0 fully saturated rings. The van der Waals surface area contributed by atoms with Gasteiger partial charge < -0.3 is 15.8 Å². The van der Waals surface area contributed by atoms with Crippen molar-refractivity contribution in [1.29, 1.82) is 0 Å². The van der Waals surface area contributed by atoms with Crippen molar-refractivity contribution in [2.24, 2.45) is 5.73 Å². The second-order valence-electron chi connectivity index (χ2n) is 2.47. The van der Waals surface area contributed by atoms with E-state index in [0.717, 1.165) is 32.2 Å². The molecule has 0 radical (unpaired) electrons. The zero-order valence-electron chi connectivity index (χ0n) is 6.70. The van der Waals surface area contributed by atoms with E-state index < -0.39 is 7.12 Å². The molecule has 0 unspecified atom stereocenters. The van der Waals surface area contributed by atoms with Gasteiger partial charge in [-0.3, -0.25) is 0 Å². The number of rotatable bonds is 6. The van der Waals surface area contributed by atoms with E-state index in [1.54, 1.807) is 0 Å². The Hall–Kier alpha value is 0.235. The monoisotopic (exact) mass is 181 g/mol. The summed E-state index contributed by atoms with van der Waals surface area (Å²) in [5.74, 6) is 0. The Morgan fingerprint density at radius 2 is 1.55 bits per heavy atom. The average Bonchev–Trinajstić information content (AvgIpc) is 1.87. The minimum atomic E-state index is -1.13. The lowest BCUT2D eigenvalue weighted by atomic mass is 9.83. The van der Waals surface area contributed by atoms with Crippen LogP contribution in [0.5, 0.6) is 0 Å². The lowest BCUT2D eigenvalue weighted by Gasteiger charge is -1.98. The van der Waals surface area contributed by atoms with Gasteiger partial charge in [0.1, 0.15) is 0 Å². The summed E-state index contributed by atoms with van der Waals surface area (Å²) >= 11 is 0. The van der Waals surface area contributed by atoms with Crippen molar-refractivity contribution in [1.82, 2.24) is 0 Å². The Kier molecular flexibility index (Phi) is 12.8. The van der Waals surface area contributed by atoms with Gasteiger partial charge in [0.05, 0.1) is 0 Å². The molecule has 0 heterocycles. The number of halogens is 1. The second kappa shape index (κ2) is 10.2. The lowest BCUT2D eigenvalue weighted by Crippen LogP contribution is -2.09. The highest BCUT2D eigenvalue weighted by Crippen LogP contribution is 2.02. The fourth-order valence-corrected chi connectivity index (χ4v) is 0.825. The number of nitrogens with two attached hydrogens (primary N) is 1. The minimum Gasteiger partial charge on any atom is -0.427 e. The Morgan fingerprint density at radius 1 is 1.00 bits per heavy atom. The molecule has 0 atom stereocenters. The van der Waals surface area contributed by atoms with Crippen molar-refractivity contribution < 1.29 is 10.0 Å². The molecule has 0 aromatic carbocycles. The fourth-order valence-electron chi connectivity index (χ4n) is 0.825. The molecule has 0 aliphatic carbocycles. The maximum Gasteiger partial charge on any atom is 0.451 e. The molecule has 5 heteroatoms. The SMILES string of the molecule is Cl.NCCCCCCB(O)O. The highest BCUT2D eigenvalue weighted by atomic mass is 35.5. The summed E-state index contributed by atoms with van der Waals surface area (Å²) < 4.78 is 0. The highest BCUT2D eigenvalue weighted by Gasteiger charge is 2.03. The summed E-state index contributed by atoms with van der Waals surface area (Å²) in [5, 5.41) is 16.9. The fraction of sp³-hybridized carbons (Fsp3) is 1.00. The van der Waals surface area contributed by atoms with Crippen molar-refractivity contribution in [2.75, 3.05) is 6.54 Å². The first-order valence-electron chi connectivity index (χ1n) is 3.83. The van der Waals surface area contributed by atoms with Crippen molar-refractivity contribution in [3.8, 4) is 0 Å². The van der Waals surface area contributed by atoms with Crippen LogP contribution >= 0.6 is 12.4 Å². The van der Waals surface area contributed by atoms with Crippen LogP contribution in [-0.4, -0.2) is 23.7 Å². The first kappa shape index (κ1) is 13.8. The van der Waals surface area contributed by atoms with Crippen LogP contribution in [0.1, 0.15) is 25.7 Å². The summed E-state index contributed by atoms with van der Waals surface area (Å²) in [6.45, 7) is 0.738. The summed E-state index contributed by atoms with van der Waals surface area (Å²) in [6, 6.07) is 0. The third kappa shape index (κ3) is 13.3. The molecule has 0 aliphatic rings. The molecule has 0 spiro atoms. The van der Waals surface area contributed by atoms with Crippen molar-refractivity contribution >= 4 is 19.5 Å². The standard InChI is InChI=1S/C6H16BNO2.ClH/c8-6-4-2-1-3-5-7(9)10;/h9-10H,1-6,8H2;1H.